The highest BCUT2D eigenvalue weighted by Crippen LogP contribution is 2.37. The van der Waals surface area contributed by atoms with Gasteiger partial charge in [0.05, 0.1) is 18.0 Å². The first-order valence-corrected chi connectivity index (χ1v) is 12.7. The van der Waals surface area contributed by atoms with Crippen molar-refractivity contribution < 1.29 is 9.90 Å². The normalized spacial score (nSPS) is 21.1. The smallest absolute Gasteiger partial charge is 0.258 e. The Morgan fingerprint density at radius 1 is 1.09 bits per heavy atom. The topological polar surface area (TPSA) is 68.2 Å². The Balaban J connectivity index is 1.35. The number of aliphatic hydroxyl groups excluding tert-OH is 1. The lowest BCUT2D eigenvalue weighted by Gasteiger charge is -2.31. The third-order valence-electron chi connectivity index (χ3n) is 7.46. The zero-order valence-corrected chi connectivity index (χ0v) is 20.6. The standard InChI is InChI=1S/C29H34N4O2/c1-3-20-18-21-8-13-28(30-19-27(21)32(2)29(35)26-7-5-4-6-25(20)26)31-22-9-11-23(12-10-22)33-16-14-24(34)15-17-33/h4-12,19-20,24,34H,3,13-18H2,1-2H3,(H,30,31). The number of nitrogens with zero attached hydrogens (tertiary/aromatic N) is 3. The molecule has 2 N–H and O–H groups in total. The first-order valence-electron chi connectivity index (χ1n) is 12.7. The molecule has 3 heterocycles. The van der Waals surface area contributed by atoms with Crippen LogP contribution in [-0.4, -0.2) is 48.0 Å². The fraction of sp³-hybridized carbons (Fsp3) is 0.379. The van der Waals surface area contributed by atoms with Crippen LogP contribution < -0.4 is 10.2 Å². The van der Waals surface area contributed by atoms with Crippen LogP contribution in [0.5, 0.6) is 0 Å². The highest BCUT2D eigenvalue weighted by molar-refractivity contribution is 5.99. The molecule has 0 bridgehead atoms. The molecule has 1 saturated heterocycles. The number of amides is 1. The number of hydrogen-bond donors (Lipinski definition) is 2. The Hall–Kier alpha value is -3.38. The number of benzene rings is 2. The van der Waals surface area contributed by atoms with E-state index in [0.717, 1.165) is 67.1 Å². The number of piperidine rings is 1. The Kier molecular flexibility index (Phi) is 6.73. The predicted octanol–water partition coefficient (Wildman–Crippen LogP) is 5.30. The van der Waals surface area contributed by atoms with Gasteiger partial charge in [-0.15, -0.1) is 0 Å². The zero-order valence-electron chi connectivity index (χ0n) is 20.6. The number of aliphatic hydroxyl groups is 1. The minimum atomic E-state index is -0.169. The molecule has 6 nitrogen and oxygen atoms in total. The number of carbonyl (C=O) groups excluding carboxylic acids is 1. The molecule has 2 aromatic carbocycles. The molecule has 35 heavy (non-hydrogen) atoms. The van der Waals surface area contributed by atoms with Crippen molar-refractivity contribution in [3.8, 4) is 0 Å². The highest BCUT2D eigenvalue weighted by atomic mass is 16.3. The number of rotatable bonds is 3. The molecule has 182 valence electrons. The molecule has 5 rings (SSSR count). The number of allylic oxidation sites excluding steroid dienone is 1. The second kappa shape index (κ2) is 10.1. The zero-order chi connectivity index (χ0) is 24.4. The molecule has 6 heteroatoms. The number of anilines is 2. The first kappa shape index (κ1) is 23.4. The fourth-order valence-corrected chi connectivity index (χ4v) is 5.30. The third kappa shape index (κ3) is 4.89. The van der Waals surface area contributed by atoms with Gasteiger partial charge in [0.25, 0.3) is 5.91 Å². The summed E-state index contributed by atoms with van der Waals surface area (Å²) in [6.45, 7) is 3.96. The maximum atomic E-state index is 13.3. The maximum Gasteiger partial charge on any atom is 0.258 e. The van der Waals surface area contributed by atoms with Crippen LogP contribution in [0.2, 0.25) is 0 Å². The van der Waals surface area contributed by atoms with Gasteiger partial charge in [-0.25, -0.2) is 4.99 Å². The van der Waals surface area contributed by atoms with Gasteiger partial charge in [0.1, 0.15) is 5.84 Å². The molecule has 1 fully saturated rings. The van der Waals surface area contributed by atoms with Crippen LogP contribution in [0.1, 0.15) is 60.9 Å². The third-order valence-corrected chi connectivity index (χ3v) is 7.46. The lowest BCUT2D eigenvalue weighted by atomic mass is 9.83. The molecular formula is C29H34N4O2. The molecule has 0 spiro atoms. The monoisotopic (exact) mass is 470 g/mol. The summed E-state index contributed by atoms with van der Waals surface area (Å²) in [4.78, 5) is 22.2. The van der Waals surface area contributed by atoms with E-state index >= 15 is 0 Å². The fourth-order valence-electron chi connectivity index (χ4n) is 5.30. The summed E-state index contributed by atoms with van der Waals surface area (Å²) in [7, 11) is 1.84. The van der Waals surface area contributed by atoms with Gasteiger partial charge in [0.2, 0.25) is 0 Å². The van der Waals surface area contributed by atoms with Crippen molar-refractivity contribution in [1.82, 2.24) is 4.90 Å². The van der Waals surface area contributed by atoms with Crippen LogP contribution in [0.3, 0.4) is 0 Å². The van der Waals surface area contributed by atoms with Crippen molar-refractivity contribution >= 4 is 23.1 Å². The number of nitrogens with one attached hydrogen (secondary N) is 1. The van der Waals surface area contributed by atoms with Crippen molar-refractivity contribution in [3.05, 3.63) is 83.2 Å². The summed E-state index contributed by atoms with van der Waals surface area (Å²) in [5, 5.41) is 13.2. The molecule has 1 unspecified atom stereocenters. The van der Waals surface area contributed by atoms with Gasteiger partial charge in [-0.1, -0.05) is 31.2 Å². The minimum Gasteiger partial charge on any atom is -0.393 e. The lowest BCUT2D eigenvalue weighted by molar-refractivity contribution is 0.0833. The van der Waals surface area contributed by atoms with Crippen LogP contribution in [0.15, 0.2) is 77.1 Å². The summed E-state index contributed by atoms with van der Waals surface area (Å²) in [5.41, 5.74) is 6.14. The molecule has 0 radical (unpaired) electrons. The summed E-state index contributed by atoms with van der Waals surface area (Å²) in [6, 6.07) is 16.4. The van der Waals surface area contributed by atoms with E-state index in [1.165, 1.54) is 11.3 Å². The van der Waals surface area contributed by atoms with E-state index in [0.29, 0.717) is 12.3 Å². The average Bonchev–Trinajstić information content (AvgIpc) is 3.08. The second-order valence-corrected chi connectivity index (χ2v) is 9.67. The largest absolute Gasteiger partial charge is 0.393 e. The molecule has 2 aromatic rings. The van der Waals surface area contributed by atoms with Crippen molar-refractivity contribution in [3.63, 3.8) is 0 Å². The molecule has 3 aliphatic rings. The van der Waals surface area contributed by atoms with Crippen LogP contribution in [0.4, 0.5) is 11.4 Å². The van der Waals surface area contributed by atoms with Crippen LogP contribution in [0.25, 0.3) is 0 Å². The number of fused-ring (bicyclic) bond motifs is 2. The van der Waals surface area contributed by atoms with Gasteiger partial charge in [0, 0.05) is 43.5 Å². The SMILES string of the molecule is CCC1CC2=CCC(Nc3ccc(N4CCC(O)CC4)cc3)=NC=C2N(C)C(=O)c2ccccc21. The van der Waals surface area contributed by atoms with Crippen molar-refractivity contribution in [1.29, 1.82) is 0 Å². The van der Waals surface area contributed by atoms with Gasteiger partial charge in [-0.3, -0.25) is 4.79 Å². The van der Waals surface area contributed by atoms with Gasteiger partial charge in [-0.05, 0) is 73.1 Å². The Morgan fingerprint density at radius 2 is 1.83 bits per heavy atom. The van der Waals surface area contributed by atoms with Crippen LogP contribution in [0, 0.1) is 0 Å². The summed E-state index contributed by atoms with van der Waals surface area (Å²) in [5.74, 6) is 1.18. The minimum absolute atomic E-state index is 0.0170. The second-order valence-electron chi connectivity index (χ2n) is 9.67. The quantitative estimate of drug-likeness (QED) is 0.639. The summed E-state index contributed by atoms with van der Waals surface area (Å²) >= 11 is 0. The number of aliphatic imine (C=N–C) groups is 1. The van der Waals surface area contributed by atoms with E-state index in [4.69, 9.17) is 4.99 Å². The van der Waals surface area contributed by atoms with E-state index in [9.17, 15) is 9.90 Å². The van der Waals surface area contributed by atoms with Crippen molar-refractivity contribution in [2.45, 2.75) is 51.0 Å². The van der Waals surface area contributed by atoms with E-state index in [-0.39, 0.29) is 12.0 Å². The lowest BCUT2D eigenvalue weighted by Crippen LogP contribution is -2.35. The number of carbonyl (C=O) groups is 1. The molecule has 0 aromatic heterocycles. The van der Waals surface area contributed by atoms with Crippen LogP contribution >= 0.6 is 0 Å². The average molecular weight is 471 g/mol. The van der Waals surface area contributed by atoms with Gasteiger partial charge < -0.3 is 20.2 Å². The number of hydrogen-bond acceptors (Lipinski definition) is 5. The van der Waals surface area contributed by atoms with Gasteiger partial charge in [0.15, 0.2) is 0 Å². The number of likely N-dealkylation sites (N-methyl/N-ethyl adjacent to an activating group) is 1. The Morgan fingerprint density at radius 3 is 2.57 bits per heavy atom. The van der Waals surface area contributed by atoms with E-state index in [1.54, 1.807) is 4.90 Å². The number of amidine groups is 1. The highest BCUT2D eigenvalue weighted by Gasteiger charge is 2.29. The van der Waals surface area contributed by atoms with Crippen molar-refractivity contribution in [2.75, 3.05) is 30.4 Å². The van der Waals surface area contributed by atoms with Gasteiger partial charge in [-0.2, -0.15) is 0 Å². The molecule has 0 aliphatic carbocycles. The molecule has 1 amide bonds. The molecule has 1 atom stereocenters. The van der Waals surface area contributed by atoms with E-state index in [1.807, 2.05) is 31.4 Å². The predicted molar refractivity (Wildman–Crippen MR) is 142 cm³/mol. The molecule has 0 saturated carbocycles. The maximum absolute atomic E-state index is 13.3. The van der Waals surface area contributed by atoms with E-state index in [2.05, 4.69) is 53.5 Å². The summed E-state index contributed by atoms with van der Waals surface area (Å²) in [6.07, 6.45) is 8.08. The molecular weight excluding hydrogens is 436 g/mol. The summed E-state index contributed by atoms with van der Waals surface area (Å²) < 4.78 is 0. The van der Waals surface area contributed by atoms with Crippen molar-refractivity contribution in [2.24, 2.45) is 4.99 Å². The van der Waals surface area contributed by atoms with Gasteiger partial charge >= 0.3 is 0 Å². The Bertz CT molecular complexity index is 1170. The van der Waals surface area contributed by atoms with Crippen LogP contribution in [-0.2, 0) is 0 Å². The molecule has 3 aliphatic heterocycles. The van der Waals surface area contributed by atoms with E-state index < -0.39 is 0 Å². The first-order chi connectivity index (χ1) is 17.0. The Labute approximate surface area is 207 Å².